The summed E-state index contributed by atoms with van der Waals surface area (Å²) in [6.07, 6.45) is 7.10. The standard InChI is InChI=1S/C52H86O14Si2/c1-19-50(10,11)27-26-40-28-38(30-47(56)59-15)29-43(62-40)35-52(60-16)51(12,13)45(61-37(6)53)33-41(64-52)32-42(66-68(20-2,21-3)22-4)34-48(57)63-44(31-39(54)24-23-25-46(55)58-14)36(5)65-67(17,18)49(7,8)9/h1,26-27,30,36,39-45,54H,20-22,24,28-29,31-35H2,2-18H3/b27-26+,38-30+/t36-,39+,40+,41-,42-,43+,44-,45+,52+/m1/s1. The topological polar surface area (TPSA) is 172 Å². The number of aliphatic hydroxyl groups excluding tert-OH is 1. The van der Waals surface area contributed by atoms with Gasteiger partial charge in [-0.15, -0.1) is 6.42 Å². The van der Waals surface area contributed by atoms with Crippen molar-refractivity contribution in [2.24, 2.45) is 10.8 Å². The molecule has 2 saturated heterocycles. The number of carbonyl (C=O) groups excluding carboxylic acids is 4. The van der Waals surface area contributed by atoms with E-state index in [1.165, 1.54) is 27.2 Å². The van der Waals surface area contributed by atoms with Gasteiger partial charge in [0.15, 0.2) is 22.4 Å². The summed E-state index contributed by atoms with van der Waals surface area (Å²) in [5, 5.41) is 11.0. The van der Waals surface area contributed by atoms with Gasteiger partial charge >= 0.3 is 23.9 Å². The Balaban J connectivity index is 2.65. The van der Waals surface area contributed by atoms with Gasteiger partial charge in [-0.3, -0.25) is 9.59 Å². The van der Waals surface area contributed by atoms with Crippen LogP contribution in [0.3, 0.4) is 0 Å². The van der Waals surface area contributed by atoms with Gasteiger partial charge in [0.05, 0.1) is 62.7 Å². The third kappa shape index (κ3) is 17.8. The molecule has 0 unspecified atom stereocenters. The highest BCUT2D eigenvalue weighted by Crippen LogP contribution is 2.51. The van der Waals surface area contributed by atoms with E-state index >= 15 is 0 Å². The largest absolute Gasteiger partial charge is 0.466 e. The Labute approximate surface area is 410 Å². The predicted octanol–water partition coefficient (Wildman–Crippen LogP) is 9.14. The predicted molar refractivity (Wildman–Crippen MR) is 267 cm³/mol. The average molecular weight is 991 g/mol. The number of methoxy groups -OCH3 is 3. The maximum atomic E-state index is 14.4. The van der Waals surface area contributed by atoms with Gasteiger partial charge in [-0.2, -0.15) is 0 Å². The fourth-order valence-electron chi connectivity index (χ4n) is 8.66. The second-order valence-corrected chi connectivity index (χ2v) is 30.6. The van der Waals surface area contributed by atoms with Crippen LogP contribution in [0.4, 0.5) is 0 Å². The number of allylic oxidation sites excluding steroid dienone is 1. The number of aliphatic hydroxyl groups is 1. The van der Waals surface area contributed by atoms with E-state index in [0.29, 0.717) is 12.8 Å². The molecule has 2 aliphatic heterocycles. The molecule has 0 radical (unpaired) electrons. The van der Waals surface area contributed by atoms with Gasteiger partial charge < -0.3 is 47.1 Å². The summed E-state index contributed by atoms with van der Waals surface area (Å²) < 4.78 is 56.1. The first kappa shape index (κ1) is 60.8. The van der Waals surface area contributed by atoms with Crippen molar-refractivity contribution in [2.45, 2.75) is 225 Å². The Kier molecular flexibility index (Phi) is 23.4. The first-order chi connectivity index (χ1) is 31.5. The number of esters is 4. The highest BCUT2D eigenvalue weighted by Gasteiger charge is 2.59. The van der Waals surface area contributed by atoms with Crippen LogP contribution in [0.25, 0.3) is 0 Å². The minimum Gasteiger partial charge on any atom is -0.466 e. The van der Waals surface area contributed by atoms with E-state index in [4.69, 9.17) is 43.7 Å². The van der Waals surface area contributed by atoms with E-state index in [0.717, 1.165) is 23.7 Å². The van der Waals surface area contributed by atoms with Gasteiger partial charge in [-0.25, -0.2) is 9.59 Å². The van der Waals surface area contributed by atoms with Crippen molar-refractivity contribution in [3.8, 4) is 24.2 Å². The Morgan fingerprint density at radius 1 is 0.971 bits per heavy atom. The molecule has 386 valence electrons. The lowest BCUT2D eigenvalue weighted by molar-refractivity contribution is -0.358. The maximum absolute atomic E-state index is 14.4. The maximum Gasteiger partial charge on any atom is 0.384 e. The zero-order chi connectivity index (χ0) is 51.9. The molecule has 0 aromatic rings. The molecule has 0 saturated carbocycles. The fourth-order valence-corrected chi connectivity index (χ4v) is 13.0. The molecule has 2 rings (SSSR count). The van der Waals surface area contributed by atoms with E-state index in [1.54, 1.807) is 7.11 Å². The normalized spacial score (nSPS) is 24.7. The summed E-state index contributed by atoms with van der Waals surface area (Å²) in [6, 6.07) is 2.45. The molecule has 2 aliphatic rings. The van der Waals surface area contributed by atoms with Crippen molar-refractivity contribution < 1.29 is 66.3 Å². The molecule has 9 atom stereocenters. The number of carbonyl (C=O) groups is 4. The number of hydrogen-bond acceptors (Lipinski definition) is 14. The Hall–Kier alpha value is -3.33. The molecule has 2 fully saturated rings. The zero-order valence-electron chi connectivity index (χ0n) is 44.5. The van der Waals surface area contributed by atoms with Gasteiger partial charge in [0.2, 0.25) is 0 Å². The SMILES string of the molecule is C#CC(C)(C)/C=C/[C@H]1C/C(=C\C(=O)OC)C[C@@H](C[C@]2(OC)O[C@H](C[C@H](CC(=O)O[C@H](C[C@@H](O)CC#CC(=O)OC)[C@@H](C)O[Si](C)(C)C(C)(C)C)O[Si](CC)(CC)CC)C[C@H](OC(C)=O)C2(C)C)O1. The van der Waals surface area contributed by atoms with Crippen LogP contribution in [0.15, 0.2) is 23.8 Å². The third-order valence-corrected chi connectivity index (χ3v) is 23.6. The van der Waals surface area contributed by atoms with Crippen LogP contribution in [0.5, 0.6) is 0 Å². The van der Waals surface area contributed by atoms with Crippen molar-refractivity contribution in [3.63, 3.8) is 0 Å². The van der Waals surface area contributed by atoms with E-state index in [-0.39, 0.29) is 43.6 Å². The number of terminal acetylenes is 1. The molecule has 0 aliphatic carbocycles. The molecule has 0 aromatic carbocycles. The van der Waals surface area contributed by atoms with Gasteiger partial charge in [0.1, 0.15) is 12.2 Å². The smallest absolute Gasteiger partial charge is 0.384 e. The van der Waals surface area contributed by atoms with Gasteiger partial charge in [0.25, 0.3) is 0 Å². The summed E-state index contributed by atoms with van der Waals surface area (Å²) in [7, 11) is -0.622. The molecule has 0 spiro atoms. The first-order valence-electron chi connectivity index (χ1n) is 24.3. The Morgan fingerprint density at radius 2 is 1.60 bits per heavy atom. The van der Waals surface area contributed by atoms with Crippen LogP contribution in [0.2, 0.25) is 36.3 Å². The van der Waals surface area contributed by atoms with Crippen LogP contribution in [-0.2, 0) is 61.2 Å². The summed E-state index contributed by atoms with van der Waals surface area (Å²) in [6.45, 7) is 27.9. The Morgan fingerprint density at radius 3 is 2.13 bits per heavy atom. The third-order valence-electron chi connectivity index (χ3n) is 14.3. The van der Waals surface area contributed by atoms with Crippen molar-refractivity contribution in [1.29, 1.82) is 0 Å². The molecule has 16 heteroatoms. The van der Waals surface area contributed by atoms with Crippen molar-refractivity contribution in [1.82, 2.24) is 0 Å². The van der Waals surface area contributed by atoms with Crippen LogP contribution >= 0.6 is 0 Å². The second-order valence-electron chi connectivity index (χ2n) is 21.1. The fraction of sp³-hybridized carbons (Fsp3) is 0.769. The molecule has 0 amide bonds. The minimum absolute atomic E-state index is 0.0137. The van der Waals surface area contributed by atoms with E-state index in [1.807, 2.05) is 46.8 Å². The van der Waals surface area contributed by atoms with Gasteiger partial charge in [-0.05, 0) is 76.3 Å². The first-order valence-corrected chi connectivity index (χ1v) is 29.7. The zero-order valence-corrected chi connectivity index (χ0v) is 46.5. The summed E-state index contributed by atoms with van der Waals surface area (Å²) >= 11 is 0. The number of hydrogen-bond donors (Lipinski definition) is 1. The van der Waals surface area contributed by atoms with Crippen molar-refractivity contribution >= 4 is 40.5 Å². The summed E-state index contributed by atoms with van der Waals surface area (Å²) in [5.41, 5.74) is -0.632. The highest BCUT2D eigenvalue weighted by molar-refractivity contribution is 6.74. The van der Waals surface area contributed by atoms with Crippen LogP contribution in [-0.4, -0.2) is 122 Å². The molecule has 14 nitrogen and oxygen atoms in total. The van der Waals surface area contributed by atoms with E-state index in [2.05, 4.69) is 77.1 Å². The van der Waals surface area contributed by atoms with Crippen LogP contribution < -0.4 is 0 Å². The molecule has 1 N–H and O–H groups in total. The minimum atomic E-state index is -2.38. The van der Waals surface area contributed by atoms with Crippen LogP contribution in [0, 0.1) is 35.0 Å². The quantitative estimate of drug-likeness (QED) is 0.0195. The molecule has 68 heavy (non-hydrogen) atoms. The average Bonchev–Trinajstić information content (AvgIpc) is 3.25. The molecular weight excluding hydrogens is 905 g/mol. The number of rotatable bonds is 23. The lowest BCUT2D eigenvalue weighted by Crippen LogP contribution is -2.63. The van der Waals surface area contributed by atoms with Gasteiger partial charge in [-0.1, -0.05) is 85.0 Å². The summed E-state index contributed by atoms with van der Waals surface area (Å²) in [4.78, 5) is 51.4. The van der Waals surface area contributed by atoms with E-state index < -0.39 is 106 Å². The number of ether oxygens (including phenoxy) is 7. The van der Waals surface area contributed by atoms with Crippen molar-refractivity contribution in [3.05, 3.63) is 23.8 Å². The molecule has 0 bridgehead atoms. The lowest BCUT2D eigenvalue weighted by atomic mass is 9.70. The molecule has 2 heterocycles. The highest BCUT2D eigenvalue weighted by atomic mass is 28.4. The molecule has 0 aromatic heterocycles. The summed E-state index contributed by atoms with van der Waals surface area (Å²) in [5.74, 6) is 4.20. The van der Waals surface area contributed by atoms with Gasteiger partial charge in [0, 0.05) is 57.1 Å². The van der Waals surface area contributed by atoms with Crippen molar-refractivity contribution in [2.75, 3.05) is 21.3 Å². The lowest BCUT2D eigenvalue weighted by Gasteiger charge is -2.55. The molecular formula is C52H86O14Si2. The Bertz CT molecular complexity index is 1840. The van der Waals surface area contributed by atoms with Crippen LogP contribution in [0.1, 0.15) is 134 Å². The monoisotopic (exact) mass is 991 g/mol. The second kappa shape index (κ2) is 26.2. The van der Waals surface area contributed by atoms with E-state index in [9.17, 15) is 24.3 Å².